The number of nitrogens with one attached hydrogen (secondary N) is 3. The van der Waals surface area contributed by atoms with Gasteiger partial charge < -0.3 is 15.5 Å². The number of benzene rings is 2. The van der Waals surface area contributed by atoms with Crippen LogP contribution in [0.1, 0.15) is 51.6 Å². The Hall–Kier alpha value is -4.01. The van der Waals surface area contributed by atoms with Crippen molar-refractivity contribution in [3.05, 3.63) is 64.7 Å². The third kappa shape index (κ3) is 4.36. The highest BCUT2D eigenvalue weighted by Gasteiger charge is 2.39. The molecule has 0 aliphatic carbocycles. The highest BCUT2D eigenvalue weighted by atomic mass is 16.2. The van der Waals surface area contributed by atoms with Gasteiger partial charge in [0.2, 0.25) is 11.8 Å². The van der Waals surface area contributed by atoms with Gasteiger partial charge in [0, 0.05) is 36.3 Å². The average molecular weight is 434 g/mol. The smallest absolute Gasteiger partial charge is 0.319 e. The number of rotatable bonds is 5. The van der Waals surface area contributed by atoms with Crippen LogP contribution in [0.5, 0.6) is 0 Å². The molecule has 1 saturated heterocycles. The number of urea groups is 1. The van der Waals surface area contributed by atoms with Crippen LogP contribution in [0.2, 0.25) is 0 Å². The third-order valence-electron chi connectivity index (χ3n) is 5.57. The third-order valence-corrected chi connectivity index (χ3v) is 5.57. The van der Waals surface area contributed by atoms with E-state index in [2.05, 4.69) is 16.0 Å². The number of carbonyl (C=O) groups is 5. The number of carbonyl (C=O) groups excluding carboxylic acids is 5. The van der Waals surface area contributed by atoms with Crippen molar-refractivity contribution < 1.29 is 24.0 Å². The van der Waals surface area contributed by atoms with Crippen molar-refractivity contribution >= 4 is 35.2 Å². The second kappa shape index (κ2) is 8.62. The number of Topliss-reactive ketones (excluding diaryl/α,β-unsaturated/α-hetero) is 1. The van der Waals surface area contributed by atoms with Gasteiger partial charge in [-0.2, -0.15) is 0 Å². The zero-order valence-corrected chi connectivity index (χ0v) is 17.4. The van der Waals surface area contributed by atoms with Crippen LogP contribution >= 0.6 is 0 Å². The summed E-state index contributed by atoms with van der Waals surface area (Å²) in [6.45, 7) is 1.95. The maximum absolute atomic E-state index is 12.9. The fourth-order valence-corrected chi connectivity index (χ4v) is 3.89. The van der Waals surface area contributed by atoms with Crippen molar-refractivity contribution in [1.82, 2.24) is 15.5 Å². The van der Waals surface area contributed by atoms with Crippen LogP contribution in [0.15, 0.2) is 42.5 Å². The molecule has 0 bridgehead atoms. The number of imide groups is 1. The molecule has 2 aromatic rings. The standard InChI is InChI=1S/C23H22N4O5/c1-13(28)15-3-2-4-17(10-15)25-23(32)24-11-14-5-6-16-12-27(22(31)18(16)9-14)19-7-8-20(29)26-21(19)30/h2-6,9-10,19H,7-8,11-12H2,1H3,(H2,24,25,32)(H,26,29,30). The van der Waals surface area contributed by atoms with Gasteiger partial charge in [-0.05, 0) is 42.7 Å². The number of amides is 5. The summed E-state index contributed by atoms with van der Waals surface area (Å²) in [5, 5.41) is 7.69. The van der Waals surface area contributed by atoms with E-state index in [0.29, 0.717) is 29.8 Å². The van der Waals surface area contributed by atoms with E-state index in [0.717, 1.165) is 11.1 Å². The first-order chi connectivity index (χ1) is 15.3. The predicted octanol–water partition coefficient (Wildman–Crippen LogP) is 1.97. The van der Waals surface area contributed by atoms with Crippen LogP contribution in [0.3, 0.4) is 0 Å². The van der Waals surface area contributed by atoms with Gasteiger partial charge >= 0.3 is 6.03 Å². The highest BCUT2D eigenvalue weighted by Crippen LogP contribution is 2.28. The molecule has 3 N–H and O–H groups in total. The topological polar surface area (TPSA) is 125 Å². The van der Waals surface area contributed by atoms with E-state index in [1.54, 1.807) is 30.3 Å². The average Bonchev–Trinajstić information content (AvgIpc) is 3.08. The highest BCUT2D eigenvalue weighted by molar-refractivity contribution is 6.05. The zero-order valence-electron chi connectivity index (χ0n) is 17.4. The molecule has 0 spiro atoms. The number of hydrogen-bond donors (Lipinski definition) is 3. The maximum Gasteiger partial charge on any atom is 0.319 e. The number of nitrogens with zero attached hydrogens (tertiary/aromatic N) is 1. The molecule has 2 heterocycles. The number of hydrogen-bond acceptors (Lipinski definition) is 5. The Labute approximate surface area is 184 Å². The lowest BCUT2D eigenvalue weighted by Crippen LogP contribution is -2.52. The molecule has 1 unspecified atom stereocenters. The van der Waals surface area contributed by atoms with Crippen LogP contribution in [-0.2, 0) is 22.7 Å². The van der Waals surface area contributed by atoms with Crippen LogP contribution in [-0.4, -0.2) is 40.5 Å². The lowest BCUT2D eigenvalue weighted by Gasteiger charge is -2.29. The second-order valence-corrected chi connectivity index (χ2v) is 7.84. The molecule has 4 rings (SSSR count). The predicted molar refractivity (Wildman–Crippen MR) is 115 cm³/mol. The minimum absolute atomic E-state index is 0.0942. The summed E-state index contributed by atoms with van der Waals surface area (Å²) in [5.74, 6) is -1.13. The molecule has 0 saturated carbocycles. The molecular weight excluding hydrogens is 412 g/mol. The van der Waals surface area contributed by atoms with Crippen LogP contribution in [0.4, 0.5) is 10.5 Å². The van der Waals surface area contributed by atoms with Crippen molar-refractivity contribution in [3.8, 4) is 0 Å². The summed E-state index contributed by atoms with van der Waals surface area (Å²) in [7, 11) is 0. The van der Waals surface area contributed by atoms with Crippen molar-refractivity contribution in [2.24, 2.45) is 0 Å². The number of piperidine rings is 1. The first kappa shape index (κ1) is 21.2. The largest absolute Gasteiger partial charge is 0.334 e. The first-order valence-corrected chi connectivity index (χ1v) is 10.2. The Morgan fingerprint density at radius 2 is 1.94 bits per heavy atom. The molecule has 0 aromatic heterocycles. The van der Waals surface area contributed by atoms with Gasteiger partial charge in [-0.25, -0.2) is 4.79 Å². The summed E-state index contributed by atoms with van der Waals surface area (Å²) in [4.78, 5) is 61.6. The molecule has 2 aliphatic heterocycles. The molecule has 1 atom stereocenters. The minimum Gasteiger partial charge on any atom is -0.334 e. The molecule has 0 radical (unpaired) electrons. The molecule has 9 nitrogen and oxygen atoms in total. The summed E-state index contributed by atoms with van der Waals surface area (Å²) in [6, 6.07) is 10.9. The molecule has 32 heavy (non-hydrogen) atoms. The summed E-state index contributed by atoms with van der Waals surface area (Å²) < 4.78 is 0. The SMILES string of the molecule is CC(=O)c1cccc(NC(=O)NCc2ccc3c(c2)C(=O)N(C2CCC(=O)NC2=O)C3)c1. The molecule has 2 aromatic carbocycles. The molecule has 5 amide bonds. The monoisotopic (exact) mass is 434 g/mol. The van der Waals surface area contributed by atoms with E-state index in [4.69, 9.17) is 0 Å². The van der Waals surface area contributed by atoms with Gasteiger partial charge in [-0.3, -0.25) is 24.5 Å². The fourth-order valence-electron chi connectivity index (χ4n) is 3.89. The zero-order chi connectivity index (χ0) is 22.8. The van der Waals surface area contributed by atoms with Gasteiger partial charge in [0.1, 0.15) is 6.04 Å². The van der Waals surface area contributed by atoms with Crippen molar-refractivity contribution in [2.75, 3.05) is 5.32 Å². The molecule has 1 fully saturated rings. The van der Waals surface area contributed by atoms with E-state index in [1.807, 2.05) is 12.1 Å². The molecule has 9 heteroatoms. The fraction of sp³-hybridized carbons (Fsp3) is 0.261. The lowest BCUT2D eigenvalue weighted by atomic mass is 10.0. The van der Waals surface area contributed by atoms with Crippen LogP contribution < -0.4 is 16.0 Å². The van der Waals surface area contributed by atoms with E-state index in [-0.39, 0.29) is 30.6 Å². The molecule has 2 aliphatic rings. The van der Waals surface area contributed by atoms with Crippen molar-refractivity contribution in [3.63, 3.8) is 0 Å². The quantitative estimate of drug-likeness (QED) is 0.490. The van der Waals surface area contributed by atoms with Crippen molar-refractivity contribution in [2.45, 2.75) is 38.9 Å². The van der Waals surface area contributed by atoms with Crippen LogP contribution in [0, 0.1) is 0 Å². The van der Waals surface area contributed by atoms with Gasteiger partial charge in [0.15, 0.2) is 5.78 Å². The van der Waals surface area contributed by atoms with Crippen molar-refractivity contribution in [1.29, 1.82) is 0 Å². The normalized spacial score (nSPS) is 17.6. The second-order valence-electron chi connectivity index (χ2n) is 7.84. The first-order valence-electron chi connectivity index (χ1n) is 10.2. The van der Waals surface area contributed by atoms with Crippen LogP contribution in [0.25, 0.3) is 0 Å². The van der Waals surface area contributed by atoms with E-state index in [9.17, 15) is 24.0 Å². The number of ketones is 1. The lowest BCUT2D eigenvalue weighted by molar-refractivity contribution is -0.136. The molecule has 164 valence electrons. The summed E-state index contributed by atoms with van der Waals surface area (Å²) in [6.07, 6.45) is 0.514. The Morgan fingerprint density at radius 3 is 2.69 bits per heavy atom. The van der Waals surface area contributed by atoms with Gasteiger partial charge in [-0.15, -0.1) is 0 Å². The molecular formula is C23H22N4O5. The minimum atomic E-state index is -0.661. The van der Waals surface area contributed by atoms with E-state index < -0.39 is 18.0 Å². The van der Waals surface area contributed by atoms with E-state index in [1.165, 1.54) is 11.8 Å². The number of fused-ring (bicyclic) bond motifs is 1. The van der Waals surface area contributed by atoms with Gasteiger partial charge in [-0.1, -0.05) is 24.3 Å². The van der Waals surface area contributed by atoms with Gasteiger partial charge in [0.05, 0.1) is 0 Å². The van der Waals surface area contributed by atoms with Gasteiger partial charge in [0.25, 0.3) is 5.91 Å². The van der Waals surface area contributed by atoms with E-state index >= 15 is 0 Å². The Morgan fingerprint density at radius 1 is 1.12 bits per heavy atom. The maximum atomic E-state index is 12.9. The Balaban J connectivity index is 1.38. The summed E-state index contributed by atoms with van der Waals surface area (Å²) >= 11 is 0. The Kier molecular flexibility index (Phi) is 5.72. The summed E-state index contributed by atoms with van der Waals surface area (Å²) in [5.41, 5.74) is 3.02. The number of anilines is 1. The Bertz CT molecular complexity index is 1140.